The highest BCUT2D eigenvalue weighted by molar-refractivity contribution is 7.09. The maximum atomic E-state index is 13.4. The molecule has 40 heavy (non-hydrogen) atoms. The Kier molecular flexibility index (Phi) is 8.42. The molecular formula is C29H27F2N5O3S. The van der Waals surface area contributed by atoms with Crippen molar-refractivity contribution in [2.45, 2.75) is 19.6 Å². The molecule has 1 amide bonds. The zero-order valence-corrected chi connectivity index (χ0v) is 22.4. The van der Waals surface area contributed by atoms with Crippen molar-refractivity contribution in [1.29, 1.82) is 0 Å². The summed E-state index contributed by atoms with van der Waals surface area (Å²) in [7, 11) is 0. The second-order valence-electron chi connectivity index (χ2n) is 9.58. The number of piperazine rings is 1. The van der Waals surface area contributed by atoms with Crippen molar-refractivity contribution in [3.05, 3.63) is 122 Å². The Morgan fingerprint density at radius 1 is 0.850 bits per heavy atom. The van der Waals surface area contributed by atoms with Gasteiger partial charge in [0, 0.05) is 62.5 Å². The minimum atomic E-state index is -0.423. The van der Waals surface area contributed by atoms with Crippen LogP contribution in [-0.2, 0) is 19.6 Å². The number of amides is 1. The summed E-state index contributed by atoms with van der Waals surface area (Å²) >= 11 is 1.41. The van der Waals surface area contributed by atoms with Crippen LogP contribution >= 0.6 is 11.3 Å². The summed E-state index contributed by atoms with van der Waals surface area (Å²) < 4.78 is 26.8. The fraction of sp³-hybridized carbons (Fsp3) is 0.241. The summed E-state index contributed by atoms with van der Waals surface area (Å²) in [5, 5.41) is 13.5. The standard InChI is InChI=1S/C29H27F2N5O3S/c30-23-5-1-21(2-6-23)17-33(18-22-3-7-24(31)8-4-22)19-28-32-27(20-40-28)29(37)35-15-13-34(14-16-35)25-9-11-26(12-10-25)36(38)39/h1-12,20H,13-19H2. The highest BCUT2D eigenvalue weighted by atomic mass is 32.1. The SMILES string of the molecule is O=C(c1csc(CN(Cc2ccc(F)cc2)Cc2ccc(F)cc2)n1)N1CCN(c2ccc([N+](=O)[O-])cc2)CC1. The van der Waals surface area contributed by atoms with Crippen LogP contribution in [-0.4, -0.2) is 51.8 Å². The summed E-state index contributed by atoms with van der Waals surface area (Å²) in [5.74, 6) is -0.731. The normalized spacial score (nSPS) is 13.6. The molecule has 0 bridgehead atoms. The minimum absolute atomic E-state index is 0.0470. The number of benzene rings is 3. The molecule has 1 fully saturated rings. The smallest absolute Gasteiger partial charge is 0.273 e. The zero-order chi connectivity index (χ0) is 28.1. The van der Waals surface area contributed by atoms with E-state index in [0.29, 0.717) is 51.5 Å². The van der Waals surface area contributed by atoms with Gasteiger partial charge < -0.3 is 9.80 Å². The van der Waals surface area contributed by atoms with Crippen LogP contribution in [0.2, 0.25) is 0 Å². The van der Waals surface area contributed by atoms with Crippen LogP contribution in [0.25, 0.3) is 0 Å². The van der Waals surface area contributed by atoms with Gasteiger partial charge in [-0.15, -0.1) is 11.3 Å². The molecular weight excluding hydrogens is 536 g/mol. The van der Waals surface area contributed by atoms with E-state index in [0.717, 1.165) is 21.8 Å². The van der Waals surface area contributed by atoms with E-state index in [1.165, 1.54) is 47.7 Å². The fourth-order valence-electron chi connectivity index (χ4n) is 4.65. The average molecular weight is 564 g/mol. The second kappa shape index (κ2) is 12.3. The lowest BCUT2D eigenvalue weighted by Gasteiger charge is -2.35. The molecule has 0 atom stereocenters. The zero-order valence-electron chi connectivity index (χ0n) is 21.6. The number of halogens is 2. The summed E-state index contributed by atoms with van der Waals surface area (Å²) in [5.41, 5.74) is 3.19. The molecule has 11 heteroatoms. The summed E-state index contributed by atoms with van der Waals surface area (Å²) in [6, 6.07) is 19.1. The number of hydrogen-bond acceptors (Lipinski definition) is 7. The van der Waals surface area contributed by atoms with Gasteiger partial charge in [-0.05, 0) is 47.5 Å². The molecule has 1 aliphatic rings. The third-order valence-corrected chi connectivity index (χ3v) is 7.59. The number of carbonyl (C=O) groups excluding carboxylic acids is 1. The third kappa shape index (κ3) is 6.85. The molecule has 0 N–H and O–H groups in total. The topological polar surface area (TPSA) is 82.8 Å². The lowest BCUT2D eigenvalue weighted by Crippen LogP contribution is -2.48. The molecule has 206 valence electrons. The quantitative estimate of drug-likeness (QED) is 0.198. The van der Waals surface area contributed by atoms with Crippen LogP contribution in [0.3, 0.4) is 0 Å². The van der Waals surface area contributed by atoms with Crippen LogP contribution < -0.4 is 4.90 Å². The molecule has 0 saturated carbocycles. The van der Waals surface area contributed by atoms with E-state index in [9.17, 15) is 23.7 Å². The van der Waals surface area contributed by atoms with Gasteiger partial charge in [-0.25, -0.2) is 13.8 Å². The predicted octanol–water partition coefficient (Wildman–Crippen LogP) is 5.49. The largest absolute Gasteiger partial charge is 0.368 e. The number of thiazole rings is 1. The molecule has 0 spiro atoms. The number of carbonyl (C=O) groups is 1. The molecule has 3 aromatic carbocycles. The van der Waals surface area contributed by atoms with E-state index in [4.69, 9.17) is 0 Å². The van der Waals surface area contributed by atoms with Crippen molar-refractivity contribution in [1.82, 2.24) is 14.8 Å². The van der Waals surface area contributed by atoms with Crippen molar-refractivity contribution >= 4 is 28.6 Å². The molecule has 0 unspecified atom stereocenters. The molecule has 1 aliphatic heterocycles. The fourth-order valence-corrected chi connectivity index (χ4v) is 5.46. The van der Waals surface area contributed by atoms with Gasteiger partial charge in [0.2, 0.25) is 0 Å². The Bertz CT molecular complexity index is 1410. The van der Waals surface area contributed by atoms with E-state index >= 15 is 0 Å². The number of hydrogen-bond donors (Lipinski definition) is 0. The van der Waals surface area contributed by atoms with E-state index in [2.05, 4.69) is 14.8 Å². The molecule has 5 rings (SSSR count). The summed E-state index contributed by atoms with van der Waals surface area (Å²) in [6.07, 6.45) is 0. The number of non-ortho nitro benzene ring substituents is 1. The van der Waals surface area contributed by atoms with Gasteiger partial charge in [-0.1, -0.05) is 24.3 Å². The first-order valence-electron chi connectivity index (χ1n) is 12.8. The van der Waals surface area contributed by atoms with Crippen molar-refractivity contribution in [3.63, 3.8) is 0 Å². The second-order valence-corrected chi connectivity index (χ2v) is 10.5. The number of nitrogens with zero attached hydrogens (tertiary/aromatic N) is 5. The molecule has 0 aliphatic carbocycles. The Labute approximate surface area is 234 Å². The minimum Gasteiger partial charge on any atom is -0.368 e. The highest BCUT2D eigenvalue weighted by Crippen LogP contribution is 2.22. The van der Waals surface area contributed by atoms with Gasteiger partial charge in [-0.3, -0.25) is 19.8 Å². The number of nitro groups is 1. The molecule has 8 nitrogen and oxygen atoms in total. The van der Waals surface area contributed by atoms with E-state index in [1.807, 2.05) is 0 Å². The van der Waals surface area contributed by atoms with Gasteiger partial charge in [0.1, 0.15) is 22.3 Å². The summed E-state index contributed by atoms with van der Waals surface area (Å²) in [6.45, 7) is 3.80. The van der Waals surface area contributed by atoms with Crippen LogP contribution in [0, 0.1) is 21.7 Å². The van der Waals surface area contributed by atoms with Gasteiger partial charge in [0.15, 0.2) is 0 Å². The Morgan fingerprint density at radius 3 is 1.93 bits per heavy atom. The predicted molar refractivity (Wildman–Crippen MR) is 149 cm³/mol. The van der Waals surface area contributed by atoms with Crippen molar-refractivity contribution in [2.75, 3.05) is 31.1 Å². The number of aromatic nitrogens is 1. The van der Waals surface area contributed by atoms with Crippen LogP contribution in [0.5, 0.6) is 0 Å². The first-order chi connectivity index (χ1) is 19.3. The highest BCUT2D eigenvalue weighted by Gasteiger charge is 2.25. The van der Waals surface area contributed by atoms with Crippen molar-refractivity contribution < 1.29 is 18.5 Å². The Balaban J connectivity index is 1.22. The average Bonchev–Trinajstić information content (AvgIpc) is 3.43. The third-order valence-electron chi connectivity index (χ3n) is 6.76. The molecule has 2 heterocycles. The summed E-state index contributed by atoms with van der Waals surface area (Å²) in [4.78, 5) is 34.3. The van der Waals surface area contributed by atoms with E-state index < -0.39 is 4.92 Å². The maximum absolute atomic E-state index is 13.4. The Morgan fingerprint density at radius 2 is 1.40 bits per heavy atom. The van der Waals surface area contributed by atoms with Crippen molar-refractivity contribution in [3.8, 4) is 0 Å². The number of nitro benzene ring substituents is 1. The van der Waals surface area contributed by atoms with Crippen LogP contribution in [0.1, 0.15) is 26.6 Å². The molecule has 1 aromatic heterocycles. The van der Waals surface area contributed by atoms with Crippen molar-refractivity contribution in [2.24, 2.45) is 0 Å². The van der Waals surface area contributed by atoms with Gasteiger partial charge in [0.05, 0.1) is 11.5 Å². The monoisotopic (exact) mass is 563 g/mol. The number of anilines is 1. The number of rotatable bonds is 9. The first-order valence-corrected chi connectivity index (χ1v) is 13.7. The van der Waals surface area contributed by atoms with Crippen LogP contribution in [0.4, 0.5) is 20.2 Å². The Hall–Kier alpha value is -4.22. The van der Waals surface area contributed by atoms with E-state index in [1.54, 1.807) is 46.7 Å². The lowest BCUT2D eigenvalue weighted by molar-refractivity contribution is -0.384. The van der Waals surface area contributed by atoms with Gasteiger partial charge in [-0.2, -0.15) is 0 Å². The van der Waals surface area contributed by atoms with Gasteiger partial charge >= 0.3 is 0 Å². The maximum Gasteiger partial charge on any atom is 0.273 e. The van der Waals surface area contributed by atoms with Crippen LogP contribution in [0.15, 0.2) is 78.2 Å². The molecule has 4 aromatic rings. The van der Waals surface area contributed by atoms with Gasteiger partial charge in [0.25, 0.3) is 11.6 Å². The van der Waals surface area contributed by atoms with E-state index in [-0.39, 0.29) is 23.2 Å². The molecule has 1 saturated heterocycles. The lowest BCUT2D eigenvalue weighted by atomic mass is 10.1. The first kappa shape index (κ1) is 27.4. The molecule has 0 radical (unpaired) electrons.